The van der Waals surface area contributed by atoms with Gasteiger partial charge in [0.25, 0.3) is 5.56 Å². The first kappa shape index (κ1) is 14.7. The highest BCUT2D eigenvalue weighted by molar-refractivity contribution is 9.10. The van der Waals surface area contributed by atoms with Crippen LogP contribution in [0.5, 0.6) is 0 Å². The molecule has 1 fully saturated rings. The van der Waals surface area contributed by atoms with Crippen LogP contribution in [0.4, 0.5) is 0 Å². The summed E-state index contributed by atoms with van der Waals surface area (Å²) in [6, 6.07) is 0.624. The van der Waals surface area contributed by atoms with Crippen molar-refractivity contribution >= 4 is 15.9 Å². The monoisotopic (exact) mass is 327 g/mol. The Morgan fingerprint density at radius 1 is 1.37 bits per heavy atom. The van der Waals surface area contributed by atoms with Crippen molar-refractivity contribution < 1.29 is 0 Å². The normalized spacial score (nSPS) is 17.4. The molecule has 0 bridgehead atoms. The number of nitrogens with one attached hydrogen (secondary N) is 1. The summed E-state index contributed by atoms with van der Waals surface area (Å²) in [6.45, 7) is 3.40. The average Bonchev–Trinajstić information content (AvgIpc) is 2.67. The lowest BCUT2D eigenvalue weighted by molar-refractivity contribution is 0.439. The van der Waals surface area contributed by atoms with Crippen molar-refractivity contribution in [3.63, 3.8) is 0 Å². The van der Waals surface area contributed by atoms with E-state index in [1.807, 2.05) is 6.92 Å². The summed E-state index contributed by atoms with van der Waals surface area (Å²) >= 11 is 3.24. The Bertz CT molecular complexity index is 464. The summed E-state index contributed by atoms with van der Waals surface area (Å²) < 4.78 is 2.26. The van der Waals surface area contributed by atoms with E-state index in [0.717, 1.165) is 12.4 Å². The maximum absolute atomic E-state index is 12.0. The van der Waals surface area contributed by atoms with E-state index in [1.54, 1.807) is 10.8 Å². The molecular formula is C14H22BrN3O. The smallest absolute Gasteiger partial charge is 0.267 e. The van der Waals surface area contributed by atoms with Gasteiger partial charge in [0.15, 0.2) is 0 Å². The zero-order chi connectivity index (χ0) is 13.7. The molecular weight excluding hydrogens is 306 g/mol. The van der Waals surface area contributed by atoms with Gasteiger partial charge in [-0.05, 0) is 35.7 Å². The van der Waals surface area contributed by atoms with E-state index in [-0.39, 0.29) is 5.56 Å². The highest BCUT2D eigenvalue weighted by Crippen LogP contribution is 2.16. The lowest BCUT2D eigenvalue weighted by atomic mass is 10.1. The fraction of sp³-hybridized carbons (Fsp3) is 0.714. The Balaban J connectivity index is 1.88. The molecule has 1 N–H and O–H groups in total. The Morgan fingerprint density at radius 2 is 2.05 bits per heavy atom. The van der Waals surface area contributed by atoms with E-state index < -0.39 is 0 Å². The molecule has 0 radical (unpaired) electrons. The molecule has 0 aliphatic heterocycles. The Labute approximate surface area is 122 Å². The van der Waals surface area contributed by atoms with Crippen molar-refractivity contribution in [1.82, 2.24) is 14.9 Å². The first-order chi connectivity index (χ1) is 9.18. The third-order valence-electron chi connectivity index (χ3n) is 3.83. The molecule has 5 heteroatoms. The van der Waals surface area contributed by atoms with Crippen LogP contribution in [0.15, 0.2) is 15.5 Å². The van der Waals surface area contributed by atoms with Crippen LogP contribution in [0.3, 0.4) is 0 Å². The van der Waals surface area contributed by atoms with Gasteiger partial charge in [-0.1, -0.05) is 25.7 Å². The topological polar surface area (TPSA) is 46.9 Å². The summed E-state index contributed by atoms with van der Waals surface area (Å²) in [5, 5.41) is 3.58. The van der Waals surface area contributed by atoms with Crippen LogP contribution in [-0.4, -0.2) is 22.1 Å². The van der Waals surface area contributed by atoms with Gasteiger partial charge >= 0.3 is 0 Å². The van der Waals surface area contributed by atoms with Crippen molar-refractivity contribution in [3.8, 4) is 0 Å². The van der Waals surface area contributed by atoms with Crippen LogP contribution in [0.25, 0.3) is 0 Å². The van der Waals surface area contributed by atoms with E-state index in [1.165, 1.54) is 38.5 Å². The van der Waals surface area contributed by atoms with Crippen LogP contribution in [-0.2, 0) is 6.54 Å². The molecule has 1 aromatic heterocycles. The van der Waals surface area contributed by atoms with Gasteiger partial charge in [-0.2, -0.15) is 0 Å². The summed E-state index contributed by atoms with van der Waals surface area (Å²) in [5.74, 6) is 0.774. The van der Waals surface area contributed by atoms with Gasteiger partial charge in [0.2, 0.25) is 0 Å². The molecule has 19 heavy (non-hydrogen) atoms. The molecule has 0 saturated heterocycles. The van der Waals surface area contributed by atoms with E-state index >= 15 is 0 Å². The molecule has 106 valence electrons. The van der Waals surface area contributed by atoms with Gasteiger partial charge in [0.1, 0.15) is 10.3 Å². The lowest BCUT2D eigenvalue weighted by Crippen LogP contribution is -2.34. The predicted molar refractivity (Wildman–Crippen MR) is 80.4 cm³/mol. The molecule has 0 spiro atoms. The van der Waals surface area contributed by atoms with Gasteiger partial charge in [-0.15, -0.1) is 0 Å². The second-order valence-electron chi connectivity index (χ2n) is 5.25. The molecule has 0 amide bonds. The molecule has 0 unspecified atom stereocenters. The fourth-order valence-corrected chi connectivity index (χ4v) is 2.99. The van der Waals surface area contributed by atoms with Gasteiger partial charge < -0.3 is 5.32 Å². The fourth-order valence-electron chi connectivity index (χ4n) is 2.68. The summed E-state index contributed by atoms with van der Waals surface area (Å²) in [7, 11) is 0. The van der Waals surface area contributed by atoms with Gasteiger partial charge in [-0.3, -0.25) is 9.36 Å². The Kier molecular flexibility index (Phi) is 5.58. The minimum absolute atomic E-state index is 0.00941. The Morgan fingerprint density at radius 3 is 2.74 bits per heavy atom. The molecule has 2 rings (SSSR count). The standard InChI is InChI=1S/C14H22BrN3O/c1-11-17-10-13(15)14(19)18(11)9-8-16-12-6-4-2-3-5-7-12/h10,12,16H,2-9H2,1H3. The van der Waals surface area contributed by atoms with E-state index in [4.69, 9.17) is 0 Å². The number of halogens is 1. The highest BCUT2D eigenvalue weighted by atomic mass is 79.9. The zero-order valence-electron chi connectivity index (χ0n) is 11.5. The number of aromatic nitrogens is 2. The Hall–Kier alpha value is -0.680. The minimum atomic E-state index is 0.00941. The van der Waals surface area contributed by atoms with Crippen molar-refractivity contribution in [2.45, 2.75) is 58.0 Å². The third-order valence-corrected chi connectivity index (χ3v) is 4.37. The molecule has 1 aromatic rings. The number of nitrogens with zero attached hydrogens (tertiary/aromatic N) is 2. The number of aryl methyl sites for hydroxylation is 1. The predicted octanol–water partition coefficient (Wildman–Crippen LogP) is 2.63. The molecule has 0 atom stereocenters. The minimum Gasteiger partial charge on any atom is -0.312 e. The number of hydrogen-bond acceptors (Lipinski definition) is 3. The average molecular weight is 328 g/mol. The van der Waals surface area contributed by atoms with Gasteiger partial charge in [-0.25, -0.2) is 4.98 Å². The van der Waals surface area contributed by atoms with Gasteiger partial charge in [0, 0.05) is 25.3 Å². The molecule has 0 aromatic carbocycles. The molecule has 1 aliphatic rings. The van der Waals surface area contributed by atoms with E-state index in [0.29, 0.717) is 17.1 Å². The second-order valence-corrected chi connectivity index (χ2v) is 6.11. The van der Waals surface area contributed by atoms with E-state index in [2.05, 4.69) is 26.2 Å². The van der Waals surface area contributed by atoms with Crippen molar-refractivity contribution in [3.05, 3.63) is 26.8 Å². The summed E-state index contributed by atoms with van der Waals surface area (Å²) in [6.07, 6.45) is 9.50. The largest absolute Gasteiger partial charge is 0.312 e. The zero-order valence-corrected chi connectivity index (χ0v) is 13.1. The highest BCUT2D eigenvalue weighted by Gasteiger charge is 2.11. The molecule has 4 nitrogen and oxygen atoms in total. The first-order valence-corrected chi connectivity index (χ1v) is 7.93. The van der Waals surface area contributed by atoms with Crippen LogP contribution in [0.2, 0.25) is 0 Å². The van der Waals surface area contributed by atoms with Crippen LogP contribution >= 0.6 is 15.9 Å². The number of rotatable bonds is 4. The summed E-state index contributed by atoms with van der Waals surface area (Å²) in [4.78, 5) is 16.2. The maximum atomic E-state index is 12.0. The van der Waals surface area contributed by atoms with Crippen LogP contribution in [0.1, 0.15) is 44.3 Å². The third kappa shape index (κ3) is 4.14. The van der Waals surface area contributed by atoms with E-state index in [9.17, 15) is 4.79 Å². The molecule has 1 heterocycles. The van der Waals surface area contributed by atoms with Gasteiger partial charge in [0.05, 0.1) is 0 Å². The molecule has 1 saturated carbocycles. The number of hydrogen-bond donors (Lipinski definition) is 1. The lowest BCUT2D eigenvalue weighted by Gasteiger charge is -2.17. The maximum Gasteiger partial charge on any atom is 0.267 e. The SMILES string of the molecule is Cc1ncc(Br)c(=O)n1CCNC1CCCCCC1. The van der Waals surface area contributed by atoms with Crippen LogP contribution in [0, 0.1) is 6.92 Å². The second kappa shape index (κ2) is 7.20. The summed E-state index contributed by atoms with van der Waals surface area (Å²) in [5.41, 5.74) is 0.00941. The van der Waals surface area contributed by atoms with Crippen molar-refractivity contribution in [1.29, 1.82) is 0 Å². The first-order valence-electron chi connectivity index (χ1n) is 7.14. The molecule has 1 aliphatic carbocycles. The van der Waals surface area contributed by atoms with Crippen molar-refractivity contribution in [2.75, 3.05) is 6.54 Å². The van der Waals surface area contributed by atoms with Crippen molar-refractivity contribution in [2.24, 2.45) is 0 Å². The quantitative estimate of drug-likeness (QED) is 0.865. The van der Waals surface area contributed by atoms with Crippen LogP contribution < -0.4 is 10.9 Å².